The summed E-state index contributed by atoms with van der Waals surface area (Å²) in [5.41, 5.74) is 0.662. The molecule has 6 heteroatoms. The van der Waals surface area contributed by atoms with Gasteiger partial charge in [0.05, 0.1) is 17.8 Å². The van der Waals surface area contributed by atoms with E-state index in [1.165, 1.54) is 4.90 Å². The highest BCUT2D eigenvalue weighted by Gasteiger charge is 2.35. The third-order valence-electron chi connectivity index (χ3n) is 3.61. The maximum absolute atomic E-state index is 11.8. The molecule has 1 aromatic heterocycles. The van der Waals surface area contributed by atoms with Gasteiger partial charge >= 0.3 is 5.97 Å². The van der Waals surface area contributed by atoms with E-state index in [2.05, 4.69) is 23.7 Å². The number of amides is 1. The molecule has 0 spiro atoms. The van der Waals surface area contributed by atoms with Gasteiger partial charge < -0.3 is 14.9 Å². The molecule has 1 unspecified atom stereocenters. The SMILES string of the molecule is CCN(CC)c1ccc(N2CC(C(=O)O)CC2=O)cn1. The fourth-order valence-electron chi connectivity index (χ4n) is 2.40. The van der Waals surface area contributed by atoms with Gasteiger partial charge in [0.2, 0.25) is 5.91 Å². The molecule has 0 aromatic carbocycles. The molecule has 20 heavy (non-hydrogen) atoms. The summed E-state index contributed by atoms with van der Waals surface area (Å²) in [7, 11) is 0. The lowest BCUT2D eigenvalue weighted by Gasteiger charge is -2.21. The Morgan fingerprint density at radius 3 is 2.60 bits per heavy atom. The Kier molecular flexibility index (Phi) is 4.22. The number of rotatable bonds is 5. The average Bonchev–Trinajstić information content (AvgIpc) is 2.83. The van der Waals surface area contributed by atoms with Gasteiger partial charge in [0.1, 0.15) is 5.82 Å². The number of carbonyl (C=O) groups excluding carboxylic acids is 1. The molecule has 108 valence electrons. The van der Waals surface area contributed by atoms with Crippen LogP contribution in [0.2, 0.25) is 0 Å². The Balaban J connectivity index is 2.14. The van der Waals surface area contributed by atoms with Gasteiger partial charge in [-0.05, 0) is 26.0 Å². The summed E-state index contributed by atoms with van der Waals surface area (Å²) in [5, 5.41) is 8.98. The Bertz CT molecular complexity index is 497. The van der Waals surface area contributed by atoms with Gasteiger partial charge in [0.25, 0.3) is 0 Å². The van der Waals surface area contributed by atoms with Crippen LogP contribution in [-0.4, -0.2) is 41.6 Å². The third kappa shape index (κ3) is 2.74. The molecule has 1 saturated heterocycles. The van der Waals surface area contributed by atoms with Crippen LogP contribution in [0.25, 0.3) is 0 Å². The van der Waals surface area contributed by atoms with Crippen molar-refractivity contribution in [3.05, 3.63) is 18.3 Å². The van der Waals surface area contributed by atoms with Crippen LogP contribution in [-0.2, 0) is 9.59 Å². The van der Waals surface area contributed by atoms with Crippen molar-refractivity contribution in [2.24, 2.45) is 5.92 Å². The van der Waals surface area contributed by atoms with Crippen LogP contribution in [0.15, 0.2) is 18.3 Å². The van der Waals surface area contributed by atoms with Gasteiger partial charge in [-0.25, -0.2) is 4.98 Å². The van der Waals surface area contributed by atoms with Crippen LogP contribution < -0.4 is 9.80 Å². The minimum Gasteiger partial charge on any atom is -0.481 e. The maximum Gasteiger partial charge on any atom is 0.308 e. The molecule has 2 rings (SSSR count). The fraction of sp³-hybridized carbons (Fsp3) is 0.500. The van der Waals surface area contributed by atoms with E-state index in [9.17, 15) is 9.59 Å². The molecule has 1 aliphatic rings. The topological polar surface area (TPSA) is 73.7 Å². The summed E-state index contributed by atoms with van der Waals surface area (Å²) in [6, 6.07) is 3.69. The molecular formula is C14H19N3O3. The predicted octanol–water partition coefficient (Wildman–Crippen LogP) is 1.37. The summed E-state index contributed by atoms with van der Waals surface area (Å²) in [4.78, 5) is 30.7. The number of hydrogen-bond acceptors (Lipinski definition) is 4. The molecular weight excluding hydrogens is 258 g/mol. The first-order valence-corrected chi connectivity index (χ1v) is 6.81. The lowest BCUT2D eigenvalue weighted by Crippen LogP contribution is -2.26. The molecule has 0 saturated carbocycles. The van der Waals surface area contributed by atoms with Crippen LogP contribution in [0.3, 0.4) is 0 Å². The Morgan fingerprint density at radius 1 is 1.45 bits per heavy atom. The highest BCUT2D eigenvalue weighted by molar-refractivity contribution is 5.99. The van der Waals surface area contributed by atoms with Gasteiger partial charge in [-0.15, -0.1) is 0 Å². The largest absolute Gasteiger partial charge is 0.481 e. The van der Waals surface area contributed by atoms with Crippen molar-refractivity contribution in [3.63, 3.8) is 0 Å². The van der Waals surface area contributed by atoms with Gasteiger partial charge in [0, 0.05) is 26.1 Å². The Labute approximate surface area is 118 Å². The first kappa shape index (κ1) is 14.3. The van der Waals surface area contributed by atoms with Crippen molar-refractivity contribution in [3.8, 4) is 0 Å². The monoisotopic (exact) mass is 277 g/mol. The molecule has 1 N–H and O–H groups in total. The summed E-state index contributed by atoms with van der Waals surface area (Å²) >= 11 is 0. The minimum atomic E-state index is -0.923. The Hall–Kier alpha value is -2.11. The summed E-state index contributed by atoms with van der Waals surface area (Å²) in [6.45, 7) is 6.07. The van der Waals surface area contributed by atoms with Crippen LogP contribution >= 0.6 is 0 Å². The van der Waals surface area contributed by atoms with Gasteiger partial charge in [0.15, 0.2) is 0 Å². The second-order valence-electron chi connectivity index (χ2n) is 4.79. The van der Waals surface area contributed by atoms with Crippen LogP contribution in [0, 0.1) is 5.92 Å². The molecule has 0 radical (unpaired) electrons. The van der Waals surface area contributed by atoms with Crippen molar-refractivity contribution in [2.75, 3.05) is 29.4 Å². The summed E-state index contributed by atoms with van der Waals surface area (Å²) < 4.78 is 0. The van der Waals surface area contributed by atoms with Crippen molar-refractivity contribution < 1.29 is 14.7 Å². The van der Waals surface area contributed by atoms with Gasteiger partial charge in [-0.3, -0.25) is 9.59 Å². The number of aliphatic carboxylic acids is 1. The fourth-order valence-corrected chi connectivity index (χ4v) is 2.40. The van der Waals surface area contributed by atoms with Crippen molar-refractivity contribution in [1.82, 2.24) is 4.98 Å². The van der Waals surface area contributed by atoms with E-state index >= 15 is 0 Å². The van der Waals surface area contributed by atoms with E-state index in [1.807, 2.05) is 12.1 Å². The zero-order valence-electron chi connectivity index (χ0n) is 11.7. The lowest BCUT2D eigenvalue weighted by atomic mass is 10.1. The second-order valence-corrected chi connectivity index (χ2v) is 4.79. The molecule has 1 aromatic rings. The van der Waals surface area contributed by atoms with Crippen LogP contribution in [0.1, 0.15) is 20.3 Å². The van der Waals surface area contributed by atoms with Crippen LogP contribution in [0.4, 0.5) is 11.5 Å². The molecule has 6 nitrogen and oxygen atoms in total. The number of anilines is 2. The number of nitrogens with zero attached hydrogens (tertiary/aromatic N) is 3. The third-order valence-corrected chi connectivity index (χ3v) is 3.61. The smallest absolute Gasteiger partial charge is 0.308 e. The highest BCUT2D eigenvalue weighted by Crippen LogP contribution is 2.25. The van der Waals surface area contributed by atoms with Gasteiger partial charge in [-0.1, -0.05) is 0 Å². The predicted molar refractivity (Wildman–Crippen MR) is 75.9 cm³/mol. The zero-order valence-corrected chi connectivity index (χ0v) is 11.7. The number of aromatic nitrogens is 1. The van der Waals surface area contributed by atoms with E-state index < -0.39 is 11.9 Å². The second kappa shape index (κ2) is 5.90. The van der Waals surface area contributed by atoms with Crippen molar-refractivity contribution in [2.45, 2.75) is 20.3 Å². The number of pyridine rings is 1. The maximum atomic E-state index is 11.8. The Morgan fingerprint density at radius 2 is 2.15 bits per heavy atom. The van der Waals surface area contributed by atoms with Crippen molar-refractivity contribution in [1.29, 1.82) is 0 Å². The van der Waals surface area contributed by atoms with E-state index in [0.29, 0.717) is 5.69 Å². The standard InChI is InChI=1S/C14H19N3O3/c1-3-16(4-2)12-6-5-11(8-15-12)17-9-10(14(19)20)7-13(17)18/h5-6,8,10H,3-4,7,9H2,1-2H3,(H,19,20). The number of carboxylic acids is 1. The number of carboxylic acid groups (broad SMARTS) is 1. The van der Waals surface area contributed by atoms with E-state index in [-0.39, 0.29) is 18.9 Å². The molecule has 1 amide bonds. The number of hydrogen-bond donors (Lipinski definition) is 1. The zero-order chi connectivity index (χ0) is 14.7. The first-order valence-electron chi connectivity index (χ1n) is 6.81. The van der Waals surface area contributed by atoms with Crippen molar-refractivity contribution >= 4 is 23.4 Å². The molecule has 2 heterocycles. The normalized spacial score (nSPS) is 18.4. The lowest BCUT2D eigenvalue weighted by molar-refractivity contribution is -0.141. The first-order chi connectivity index (χ1) is 9.56. The molecule has 1 fully saturated rings. The van der Waals surface area contributed by atoms with E-state index in [0.717, 1.165) is 18.9 Å². The average molecular weight is 277 g/mol. The molecule has 1 atom stereocenters. The molecule has 0 bridgehead atoms. The van der Waals surface area contributed by atoms with E-state index in [1.54, 1.807) is 6.20 Å². The number of carbonyl (C=O) groups is 2. The quantitative estimate of drug-likeness (QED) is 0.879. The molecule has 1 aliphatic heterocycles. The summed E-state index contributed by atoms with van der Waals surface area (Å²) in [6.07, 6.45) is 1.70. The molecule has 0 aliphatic carbocycles. The van der Waals surface area contributed by atoms with E-state index in [4.69, 9.17) is 5.11 Å². The highest BCUT2D eigenvalue weighted by atomic mass is 16.4. The minimum absolute atomic E-state index is 0.0626. The van der Waals surface area contributed by atoms with Crippen LogP contribution in [0.5, 0.6) is 0 Å². The summed E-state index contributed by atoms with van der Waals surface area (Å²) in [5.74, 6) is -0.839. The van der Waals surface area contributed by atoms with Gasteiger partial charge in [-0.2, -0.15) is 0 Å².